The lowest BCUT2D eigenvalue weighted by atomic mass is 10.1. The minimum Gasteiger partial charge on any atom is -0.497 e. The minimum absolute atomic E-state index is 0.00268. The maximum absolute atomic E-state index is 12.7. The van der Waals surface area contributed by atoms with Gasteiger partial charge in [0.2, 0.25) is 12.7 Å². The standard InChI is InChI=1S/C18H16N2O7S/c1-24-10-3-4-12(14(5-10)25-2)19-17(21)8-28-18(19)11-6-15-16(27-9-26-15)7-13(11)20(22)23/h3-7,18H,8-9H2,1-2H3/t18-/m0/s1. The monoisotopic (exact) mass is 404 g/mol. The van der Waals surface area contributed by atoms with E-state index >= 15 is 0 Å². The van der Waals surface area contributed by atoms with Crippen LogP contribution in [0.2, 0.25) is 0 Å². The molecule has 0 radical (unpaired) electrons. The van der Waals surface area contributed by atoms with Crippen LogP contribution in [0.4, 0.5) is 11.4 Å². The summed E-state index contributed by atoms with van der Waals surface area (Å²) in [7, 11) is 3.02. The van der Waals surface area contributed by atoms with Gasteiger partial charge in [0, 0.05) is 6.07 Å². The maximum atomic E-state index is 12.7. The van der Waals surface area contributed by atoms with Crippen molar-refractivity contribution in [1.29, 1.82) is 0 Å². The third-order valence-corrected chi connectivity index (χ3v) is 5.69. The SMILES string of the molecule is COc1ccc(N2C(=O)CS[C@H]2c2cc3c(cc2[N+](=O)[O-])OCO3)c(OC)c1. The van der Waals surface area contributed by atoms with Gasteiger partial charge in [0.15, 0.2) is 11.5 Å². The third kappa shape index (κ3) is 2.95. The molecule has 1 saturated heterocycles. The molecule has 2 aliphatic heterocycles. The number of thioether (sulfide) groups is 1. The van der Waals surface area contributed by atoms with Crippen molar-refractivity contribution in [2.24, 2.45) is 0 Å². The summed E-state index contributed by atoms with van der Waals surface area (Å²) in [6.07, 6.45) is 0. The first kappa shape index (κ1) is 18.2. The molecule has 2 aromatic carbocycles. The molecule has 9 nitrogen and oxygen atoms in total. The van der Waals surface area contributed by atoms with Crippen LogP contribution < -0.4 is 23.8 Å². The molecule has 1 atom stereocenters. The van der Waals surface area contributed by atoms with Crippen LogP contribution >= 0.6 is 11.8 Å². The van der Waals surface area contributed by atoms with Gasteiger partial charge < -0.3 is 18.9 Å². The zero-order valence-corrected chi connectivity index (χ0v) is 15.9. The Kier molecular flexibility index (Phi) is 4.63. The Morgan fingerprint density at radius 1 is 1.18 bits per heavy atom. The Balaban J connectivity index is 1.83. The number of benzene rings is 2. The molecule has 1 amide bonds. The van der Waals surface area contributed by atoms with E-state index in [1.54, 1.807) is 24.3 Å². The number of hydrogen-bond donors (Lipinski definition) is 0. The van der Waals surface area contributed by atoms with Crippen molar-refractivity contribution in [3.63, 3.8) is 0 Å². The molecule has 10 heteroatoms. The summed E-state index contributed by atoms with van der Waals surface area (Å²) >= 11 is 1.30. The van der Waals surface area contributed by atoms with E-state index in [0.29, 0.717) is 34.2 Å². The van der Waals surface area contributed by atoms with Gasteiger partial charge in [-0.2, -0.15) is 0 Å². The van der Waals surface area contributed by atoms with Crippen molar-refractivity contribution in [2.75, 3.05) is 31.7 Å². The number of ether oxygens (including phenoxy) is 4. The van der Waals surface area contributed by atoms with E-state index in [-0.39, 0.29) is 24.1 Å². The molecule has 2 aromatic rings. The maximum Gasteiger partial charge on any atom is 0.279 e. The number of nitro groups is 1. The second kappa shape index (κ2) is 7.12. The van der Waals surface area contributed by atoms with E-state index in [4.69, 9.17) is 18.9 Å². The molecule has 0 aromatic heterocycles. The second-order valence-electron chi connectivity index (χ2n) is 5.99. The van der Waals surface area contributed by atoms with E-state index < -0.39 is 10.3 Å². The molecular weight excluding hydrogens is 388 g/mol. The fraction of sp³-hybridized carbons (Fsp3) is 0.278. The zero-order valence-electron chi connectivity index (χ0n) is 15.0. The smallest absolute Gasteiger partial charge is 0.279 e. The molecule has 0 aliphatic carbocycles. The normalized spacial score (nSPS) is 17.7. The van der Waals surface area contributed by atoms with Crippen molar-refractivity contribution >= 4 is 29.0 Å². The van der Waals surface area contributed by atoms with Gasteiger partial charge in [-0.15, -0.1) is 11.8 Å². The Morgan fingerprint density at radius 2 is 1.93 bits per heavy atom. The van der Waals surface area contributed by atoms with Crippen LogP contribution in [-0.2, 0) is 4.79 Å². The average Bonchev–Trinajstić information content (AvgIpc) is 3.32. The van der Waals surface area contributed by atoms with Gasteiger partial charge >= 0.3 is 0 Å². The van der Waals surface area contributed by atoms with Gasteiger partial charge in [-0.1, -0.05) is 0 Å². The summed E-state index contributed by atoms with van der Waals surface area (Å²) < 4.78 is 21.3. The van der Waals surface area contributed by atoms with E-state index in [2.05, 4.69) is 0 Å². The van der Waals surface area contributed by atoms with Crippen molar-refractivity contribution in [1.82, 2.24) is 0 Å². The molecule has 0 unspecified atom stereocenters. The molecule has 4 rings (SSSR count). The van der Waals surface area contributed by atoms with Crippen molar-refractivity contribution in [3.05, 3.63) is 46.0 Å². The van der Waals surface area contributed by atoms with Crippen LogP contribution in [0.5, 0.6) is 23.0 Å². The first-order valence-corrected chi connectivity index (χ1v) is 9.32. The molecule has 0 N–H and O–H groups in total. The fourth-order valence-corrected chi connectivity index (χ4v) is 4.39. The molecule has 1 fully saturated rings. The van der Waals surface area contributed by atoms with Gasteiger partial charge in [0.05, 0.1) is 42.2 Å². The number of anilines is 1. The van der Waals surface area contributed by atoms with Crippen molar-refractivity contribution in [2.45, 2.75) is 5.37 Å². The summed E-state index contributed by atoms with van der Waals surface area (Å²) in [6.45, 7) is 0.00268. The van der Waals surface area contributed by atoms with Gasteiger partial charge in [0.1, 0.15) is 16.9 Å². The van der Waals surface area contributed by atoms with Crippen LogP contribution in [0.3, 0.4) is 0 Å². The van der Waals surface area contributed by atoms with Crippen LogP contribution in [0.1, 0.15) is 10.9 Å². The topological polar surface area (TPSA) is 100 Å². The highest BCUT2D eigenvalue weighted by Gasteiger charge is 2.40. The van der Waals surface area contributed by atoms with E-state index in [9.17, 15) is 14.9 Å². The first-order chi connectivity index (χ1) is 13.5. The summed E-state index contributed by atoms with van der Waals surface area (Å²) in [5, 5.41) is 11.1. The predicted molar refractivity (Wildman–Crippen MR) is 101 cm³/mol. The van der Waals surface area contributed by atoms with Gasteiger partial charge in [-0.3, -0.25) is 19.8 Å². The van der Waals surface area contributed by atoms with Crippen LogP contribution in [0.15, 0.2) is 30.3 Å². The summed E-state index contributed by atoms with van der Waals surface area (Å²) in [5.74, 6) is 1.76. The number of fused-ring (bicyclic) bond motifs is 1. The highest BCUT2D eigenvalue weighted by Crippen LogP contribution is 2.50. The van der Waals surface area contributed by atoms with Gasteiger partial charge in [-0.05, 0) is 18.2 Å². The Bertz CT molecular complexity index is 965. The predicted octanol–water partition coefficient (Wildman–Crippen LogP) is 3.12. The van der Waals surface area contributed by atoms with Gasteiger partial charge in [0.25, 0.3) is 5.69 Å². The molecular formula is C18H16N2O7S. The number of hydrogen-bond acceptors (Lipinski definition) is 8. The molecule has 0 saturated carbocycles. The van der Waals surface area contributed by atoms with Crippen molar-refractivity contribution in [3.8, 4) is 23.0 Å². The summed E-state index contributed by atoms with van der Waals surface area (Å²) in [4.78, 5) is 25.4. The number of nitrogens with zero attached hydrogens (tertiary/aromatic N) is 2. The molecule has 146 valence electrons. The molecule has 0 bridgehead atoms. The van der Waals surface area contributed by atoms with Crippen LogP contribution in [0, 0.1) is 10.1 Å². The number of carbonyl (C=O) groups is 1. The quantitative estimate of drug-likeness (QED) is 0.554. The first-order valence-electron chi connectivity index (χ1n) is 8.27. The van der Waals surface area contributed by atoms with Crippen LogP contribution in [-0.4, -0.2) is 37.6 Å². The Labute approximate surface area is 164 Å². The molecule has 2 aliphatic rings. The third-order valence-electron chi connectivity index (χ3n) is 4.50. The summed E-state index contributed by atoms with van der Waals surface area (Å²) in [6, 6.07) is 7.98. The fourth-order valence-electron chi connectivity index (χ4n) is 3.20. The zero-order chi connectivity index (χ0) is 19.8. The second-order valence-corrected chi connectivity index (χ2v) is 7.05. The van der Waals surface area contributed by atoms with Crippen molar-refractivity contribution < 1.29 is 28.7 Å². The number of carbonyl (C=O) groups excluding carboxylic acids is 1. The lowest BCUT2D eigenvalue weighted by molar-refractivity contribution is -0.385. The number of amides is 1. The minimum atomic E-state index is -0.607. The largest absolute Gasteiger partial charge is 0.497 e. The van der Waals surface area contributed by atoms with Gasteiger partial charge in [-0.25, -0.2) is 0 Å². The van der Waals surface area contributed by atoms with Crippen LogP contribution in [0.25, 0.3) is 0 Å². The summed E-state index contributed by atoms with van der Waals surface area (Å²) in [5.41, 5.74) is 0.743. The highest BCUT2D eigenvalue weighted by molar-refractivity contribution is 8.00. The molecule has 0 spiro atoms. The highest BCUT2D eigenvalue weighted by atomic mass is 32.2. The Hall–Kier alpha value is -3.14. The molecule has 2 heterocycles. The lowest BCUT2D eigenvalue weighted by Gasteiger charge is -2.26. The number of rotatable bonds is 5. The number of methoxy groups -OCH3 is 2. The van der Waals surface area contributed by atoms with E-state index in [1.807, 2.05) is 0 Å². The van der Waals surface area contributed by atoms with E-state index in [0.717, 1.165) is 0 Å². The lowest BCUT2D eigenvalue weighted by Crippen LogP contribution is -2.28. The Morgan fingerprint density at radius 3 is 2.61 bits per heavy atom. The molecule has 28 heavy (non-hydrogen) atoms. The van der Waals surface area contributed by atoms with E-state index in [1.165, 1.54) is 36.9 Å². The number of nitro benzene ring substituents is 1. The average molecular weight is 404 g/mol.